The molecule has 2 atom stereocenters. The third kappa shape index (κ3) is 2.11. The maximum atomic E-state index is 14.2. The van der Waals surface area contributed by atoms with Crippen molar-refractivity contribution in [1.29, 1.82) is 0 Å². The van der Waals surface area contributed by atoms with Crippen LogP contribution in [0, 0.1) is 17.0 Å². The van der Waals surface area contributed by atoms with Crippen LogP contribution in [0.1, 0.15) is 43.9 Å². The molecule has 0 aliphatic heterocycles. The molecule has 0 radical (unpaired) electrons. The number of fused-ring (bicyclic) bond motifs is 5. The molecule has 27 heavy (non-hydrogen) atoms. The van der Waals surface area contributed by atoms with Gasteiger partial charge in [0.25, 0.3) is 0 Å². The smallest absolute Gasteiger partial charge is 0.410 e. The highest BCUT2D eigenvalue weighted by molar-refractivity contribution is 5.70. The minimum Gasteiger partial charge on any atom is -0.453 e. The lowest BCUT2D eigenvalue weighted by molar-refractivity contribution is 0.0225. The molecule has 0 saturated heterocycles. The van der Waals surface area contributed by atoms with Crippen LogP contribution in [-0.4, -0.2) is 35.3 Å². The van der Waals surface area contributed by atoms with Gasteiger partial charge < -0.3 is 4.74 Å². The summed E-state index contributed by atoms with van der Waals surface area (Å²) in [6, 6.07) is 5.45. The molecule has 2 aromatic rings. The van der Waals surface area contributed by atoms with Gasteiger partial charge in [-0.15, -0.1) is 5.10 Å². The number of methoxy groups -OCH3 is 1. The fourth-order valence-electron chi connectivity index (χ4n) is 5.20. The topological polar surface area (TPSA) is 55.3 Å². The summed E-state index contributed by atoms with van der Waals surface area (Å²) in [5.41, 5.74) is 0.623. The van der Waals surface area contributed by atoms with Crippen molar-refractivity contribution in [3.63, 3.8) is 0 Å². The maximum absolute atomic E-state index is 14.2. The van der Waals surface area contributed by atoms with Crippen LogP contribution in [0.25, 0.3) is 11.3 Å². The van der Waals surface area contributed by atoms with E-state index < -0.39 is 23.3 Å². The van der Waals surface area contributed by atoms with E-state index in [0.29, 0.717) is 5.69 Å². The summed E-state index contributed by atoms with van der Waals surface area (Å²) in [6.07, 6.45) is 1.15. The van der Waals surface area contributed by atoms with Crippen LogP contribution in [0.5, 0.6) is 0 Å². The summed E-state index contributed by atoms with van der Waals surface area (Å²) in [4.78, 5) is 13.9. The van der Waals surface area contributed by atoms with Crippen molar-refractivity contribution >= 4 is 6.09 Å². The molecule has 0 spiro atoms. The quantitative estimate of drug-likeness (QED) is 0.790. The van der Waals surface area contributed by atoms with E-state index in [1.165, 1.54) is 25.3 Å². The molecule has 1 saturated carbocycles. The third-order valence-corrected chi connectivity index (χ3v) is 6.56. The van der Waals surface area contributed by atoms with Gasteiger partial charge in [0.2, 0.25) is 0 Å². The SMILES string of the molecule is COC(=O)N(C)[C@@]12CC[C@@H](c3cc(-c4c(F)cccc4F)nnc31)C2(C)C. The van der Waals surface area contributed by atoms with Crippen LogP contribution in [0.2, 0.25) is 0 Å². The monoisotopic (exact) mass is 373 g/mol. The van der Waals surface area contributed by atoms with E-state index in [-0.39, 0.29) is 22.6 Å². The first-order chi connectivity index (χ1) is 12.8. The van der Waals surface area contributed by atoms with E-state index in [2.05, 4.69) is 24.0 Å². The van der Waals surface area contributed by atoms with Gasteiger partial charge in [0, 0.05) is 12.5 Å². The van der Waals surface area contributed by atoms with E-state index in [0.717, 1.165) is 18.4 Å². The number of hydrogen-bond acceptors (Lipinski definition) is 4. The number of rotatable bonds is 2. The molecule has 1 amide bonds. The molecule has 142 valence electrons. The van der Waals surface area contributed by atoms with Crippen molar-refractivity contribution in [2.24, 2.45) is 5.41 Å². The van der Waals surface area contributed by atoms with E-state index in [9.17, 15) is 13.6 Å². The lowest BCUT2D eigenvalue weighted by atomic mass is 9.74. The number of carbonyl (C=O) groups is 1. The fraction of sp³-hybridized carbons (Fsp3) is 0.450. The summed E-state index contributed by atoms with van der Waals surface area (Å²) in [6.45, 7) is 4.18. The van der Waals surface area contributed by atoms with Crippen LogP contribution < -0.4 is 0 Å². The molecule has 1 aromatic heterocycles. The molecule has 0 unspecified atom stereocenters. The first-order valence-electron chi connectivity index (χ1n) is 8.90. The van der Waals surface area contributed by atoms with Gasteiger partial charge in [-0.3, -0.25) is 4.90 Å². The fourth-order valence-corrected chi connectivity index (χ4v) is 5.20. The van der Waals surface area contributed by atoms with Gasteiger partial charge in [0.1, 0.15) is 11.6 Å². The van der Waals surface area contributed by atoms with Crippen molar-refractivity contribution < 1.29 is 18.3 Å². The lowest BCUT2D eigenvalue weighted by Crippen LogP contribution is -2.52. The average Bonchev–Trinajstić information content (AvgIpc) is 3.02. The number of amides is 1. The van der Waals surface area contributed by atoms with E-state index >= 15 is 0 Å². The molecule has 2 bridgehead atoms. The standard InChI is InChI=1S/C20H21F2N3O2/c1-19(2)12-8-9-20(19,25(3)18(26)27-4)17-11(12)10-15(23-24-17)16-13(21)6-5-7-14(16)22/h5-7,10,12H,8-9H2,1-4H3/t12-,20-/m0/s1. The molecule has 5 nitrogen and oxygen atoms in total. The first-order valence-corrected chi connectivity index (χ1v) is 8.90. The van der Waals surface area contributed by atoms with Gasteiger partial charge in [-0.05, 0) is 42.5 Å². The van der Waals surface area contributed by atoms with Crippen LogP contribution in [0.15, 0.2) is 24.3 Å². The summed E-state index contributed by atoms with van der Waals surface area (Å²) < 4.78 is 33.4. The Hall–Kier alpha value is -2.57. The number of hydrogen-bond donors (Lipinski definition) is 0. The summed E-state index contributed by atoms with van der Waals surface area (Å²) >= 11 is 0. The number of ether oxygens (including phenoxy) is 1. The Morgan fingerprint density at radius 2 is 1.93 bits per heavy atom. The van der Waals surface area contributed by atoms with Crippen molar-refractivity contribution in [3.8, 4) is 11.3 Å². The molecule has 1 heterocycles. The van der Waals surface area contributed by atoms with Gasteiger partial charge >= 0.3 is 6.09 Å². The van der Waals surface area contributed by atoms with Crippen molar-refractivity contribution in [1.82, 2.24) is 15.1 Å². The minimum atomic E-state index is -0.673. The molecule has 2 aliphatic rings. The molecular formula is C20H21F2N3O2. The normalized spacial score (nSPS) is 24.6. The largest absolute Gasteiger partial charge is 0.453 e. The molecule has 7 heteroatoms. The van der Waals surface area contributed by atoms with Crippen LogP contribution in [-0.2, 0) is 10.3 Å². The lowest BCUT2D eigenvalue weighted by Gasteiger charge is -2.44. The van der Waals surface area contributed by atoms with Gasteiger partial charge in [0.05, 0.1) is 29.6 Å². The second kappa shape index (κ2) is 5.71. The van der Waals surface area contributed by atoms with Crippen molar-refractivity contribution in [2.75, 3.05) is 14.2 Å². The molecule has 4 rings (SSSR count). The summed E-state index contributed by atoms with van der Waals surface area (Å²) in [5, 5.41) is 8.50. The van der Waals surface area contributed by atoms with Crippen molar-refractivity contribution in [2.45, 2.75) is 38.1 Å². The zero-order valence-electron chi connectivity index (χ0n) is 15.7. The summed E-state index contributed by atoms with van der Waals surface area (Å²) in [7, 11) is 3.05. The number of halogens is 2. The van der Waals surface area contributed by atoms with Crippen molar-refractivity contribution in [3.05, 3.63) is 47.2 Å². The molecule has 0 N–H and O–H groups in total. The van der Waals surface area contributed by atoms with E-state index in [4.69, 9.17) is 4.74 Å². The minimum absolute atomic E-state index is 0.115. The third-order valence-electron chi connectivity index (χ3n) is 6.56. The van der Waals surface area contributed by atoms with Gasteiger partial charge in [-0.1, -0.05) is 19.9 Å². The zero-order valence-corrected chi connectivity index (χ0v) is 15.7. The second-order valence-electron chi connectivity index (χ2n) is 7.83. The predicted octanol–water partition coefficient (Wildman–Crippen LogP) is 4.23. The van der Waals surface area contributed by atoms with Crippen LogP contribution in [0.3, 0.4) is 0 Å². The van der Waals surface area contributed by atoms with E-state index in [1.54, 1.807) is 18.0 Å². The Morgan fingerprint density at radius 3 is 2.56 bits per heavy atom. The molecule has 2 aliphatic carbocycles. The molecule has 1 aromatic carbocycles. The van der Waals surface area contributed by atoms with Gasteiger partial charge in [-0.25, -0.2) is 13.6 Å². The Kier molecular flexibility index (Phi) is 3.77. The molecule has 1 fully saturated rings. The Morgan fingerprint density at radius 1 is 1.26 bits per heavy atom. The highest BCUT2D eigenvalue weighted by atomic mass is 19.1. The predicted molar refractivity (Wildman–Crippen MR) is 95.0 cm³/mol. The average molecular weight is 373 g/mol. The van der Waals surface area contributed by atoms with Crippen LogP contribution >= 0.6 is 0 Å². The number of carbonyl (C=O) groups excluding carboxylic acids is 1. The Balaban J connectivity index is 1.90. The second-order valence-corrected chi connectivity index (χ2v) is 7.83. The van der Waals surface area contributed by atoms with Gasteiger partial charge in [0.15, 0.2) is 0 Å². The van der Waals surface area contributed by atoms with Gasteiger partial charge in [-0.2, -0.15) is 5.10 Å². The first kappa shape index (κ1) is 17.8. The summed E-state index contributed by atoms with van der Waals surface area (Å²) in [5.74, 6) is -1.23. The zero-order chi connectivity index (χ0) is 19.6. The highest BCUT2D eigenvalue weighted by Crippen LogP contribution is 2.68. The number of benzene rings is 1. The highest BCUT2D eigenvalue weighted by Gasteiger charge is 2.66. The Bertz CT molecular complexity index is 927. The van der Waals surface area contributed by atoms with E-state index in [1.807, 2.05) is 0 Å². The molecular weight excluding hydrogens is 352 g/mol. The van der Waals surface area contributed by atoms with Crippen LogP contribution in [0.4, 0.5) is 13.6 Å². The number of aromatic nitrogens is 2. The Labute approximate surface area is 156 Å². The maximum Gasteiger partial charge on any atom is 0.410 e. The number of nitrogens with zero attached hydrogens (tertiary/aromatic N) is 3.